The van der Waals surface area contributed by atoms with Crippen molar-refractivity contribution in [1.29, 1.82) is 0 Å². The van der Waals surface area contributed by atoms with E-state index < -0.39 is 0 Å². The molecule has 2 nitrogen and oxygen atoms in total. The summed E-state index contributed by atoms with van der Waals surface area (Å²) in [7, 11) is 0. The van der Waals surface area contributed by atoms with E-state index in [9.17, 15) is 0 Å². The molecule has 0 radical (unpaired) electrons. The lowest BCUT2D eigenvalue weighted by Crippen LogP contribution is -1.97. The highest BCUT2D eigenvalue weighted by atomic mass is 16.5. The van der Waals surface area contributed by atoms with Crippen LogP contribution in [0.4, 0.5) is 5.69 Å². The first-order chi connectivity index (χ1) is 15.3. The van der Waals surface area contributed by atoms with E-state index in [1.807, 2.05) is 18.3 Å². The third-order valence-corrected chi connectivity index (χ3v) is 5.85. The second-order valence-corrected chi connectivity index (χ2v) is 8.58. The molecule has 0 heterocycles. The summed E-state index contributed by atoms with van der Waals surface area (Å²) >= 11 is 0. The third kappa shape index (κ3) is 11.8. The minimum Gasteiger partial charge on any atom is -0.494 e. The van der Waals surface area contributed by atoms with Crippen molar-refractivity contribution in [2.45, 2.75) is 97.3 Å². The van der Waals surface area contributed by atoms with Crippen LogP contribution >= 0.6 is 0 Å². The predicted molar refractivity (Wildman–Crippen MR) is 136 cm³/mol. The second-order valence-electron chi connectivity index (χ2n) is 8.58. The molecule has 0 amide bonds. The van der Waals surface area contributed by atoms with E-state index in [1.54, 1.807) is 0 Å². The van der Waals surface area contributed by atoms with Gasteiger partial charge < -0.3 is 4.74 Å². The van der Waals surface area contributed by atoms with E-state index in [-0.39, 0.29) is 0 Å². The smallest absolute Gasteiger partial charge is 0.119 e. The zero-order valence-electron chi connectivity index (χ0n) is 20.0. The number of ether oxygens (including phenoxy) is 1. The van der Waals surface area contributed by atoms with Crippen molar-refractivity contribution in [1.82, 2.24) is 0 Å². The maximum Gasteiger partial charge on any atom is 0.119 e. The van der Waals surface area contributed by atoms with E-state index in [2.05, 4.69) is 55.2 Å². The number of benzene rings is 2. The highest BCUT2D eigenvalue weighted by Gasteiger charge is 1.97. The SMILES string of the molecule is CCCCCCCCCCCCCCOc1ccc(C=Nc2ccc(CC)cc2)cc1. The molecular weight excluding hydrogens is 378 g/mol. The van der Waals surface area contributed by atoms with Crippen molar-refractivity contribution >= 4 is 11.9 Å². The van der Waals surface area contributed by atoms with Crippen LogP contribution in [-0.2, 0) is 6.42 Å². The third-order valence-electron chi connectivity index (χ3n) is 5.85. The molecule has 0 saturated carbocycles. The van der Waals surface area contributed by atoms with Gasteiger partial charge in [0.15, 0.2) is 0 Å². The zero-order valence-corrected chi connectivity index (χ0v) is 20.0. The van der Waals surface area contributed by atoms with Crippen molar-refractivity contribution in [3.05, 3.63) is 59.7 Å². The van der Waals surface area contributed by atoms with Gasteiger partial charge in [-0.3, -0.25) is 4.99 Å². The Labute approximate surface area is 191 Å². The fraction of sp³-hybridized carbons (Fsp3) is 0.552. The molecule has 0 fully saturated rings. The minimum absolute atomic E-state index is 0.814. The van der Waals surface area contributed by atoms with E-state index in [0.29, 0.717) is 0 Å². The van der Waals surface area contributed by atoms with E-state index in [0.717, 1.165) is 36.4 Å². The number of aliphatic imine (C=N–C) groups is 1. The first kappa shape index (κ1) is 25.2. The first-order valence-electron chi connectivity index (χ1n) is 12.7. The number of aryl methyl sites for hydroxylation is 1. The van der Waals surface area contributed by atoms with Gasteiger partial charge in [0.05, 0.1) is 12.3 Å². The van der Waals surface area contributed by atoms with Gasteiger partial charge in [-0.1, -0.05) is 96.6 Å². The Morgan fingerprint density at radius 2 is 1.19 bits per heavy atom. The fourth-order valence-corrected chi connectivity index (χ4v) is 3.75. The maximum absolute atomic E-state index is 5.90. The van der Waals surface area contributed by atoms with Crippen molar-refractivity contribution in [2.24, 2.45) is 4.99 Å². The summed E-state index contributed by atoms with van der Waals surface area (Å²) in [6.45, 7) is 5.26. The average molecular weight is 422 g/mol. The normalized spacial score (nSPS) is 11.3. The van der Waals surface area contributed by atoms with Crippen LogP contribution in [0.5, 0.6) is 5.75 Å². The molecule has 170 valence electrons. The number of nitrogens with zero attached hydrogens (tertiary/aromatic N) is 1. The van der Waals surface area contributed by atoms with Crippen LogP contribution in [0.15, 0.2) is 53.5 Å². The summed E-state index contributed by atoms with van der Waals surface area (Å²) in [5.74, 6) is 0.951. The summed E-state index contributed by atoms with van der Waals surface area (Å²) in [6, 6.07) is 16.6. The summed E-state index contributed by atoms with van der Waals surface area (Å²) in [4.78, 5) is 4.55. The molecule has 2 aromatic rings. The van der Waals surface area contributed by atoms with E-state index in [4.69, 9.17) is 4.74 Å². The molecule has 0 aliphatic carbocycles. The van der Waals surface area contributed by atoms with Gasteiger partial charge in [-0.15, -0.1) is 0 Å². The van der Waals surface area contributed by atoms with Gasteiger partial charge in [0.1, 0.15) is 5.75 Å². The maximum atomic E-state index is 5.90. The fourth-order valence-electron chi connectivity index (χ4n) is 3.75. The molecule has 0 spiro atoms. The Morgan fingerprint density at radius 3 is 1.74 bits per heavy atom. The van der Waals surface area contributed by atoms with Crippen LogP contribution in [0.1, 0.15) is 102 Å². The Balaban J connectivity index is 1.50. The number of hydrogen-bond donors (Lipinski definition) is 0. The van der Waals surface area contributed by atoms with Crippen LogP contribution in [0.3, 0.4) is 0 Å². The van der Waals surface area contributed by atoms with Gasteiger partial charge in [-0.25, -0.2) is 0 Å². The molecule has 0 bridgehead atoms. The van der Waals surface area contributed by atoms with Crippen molar-refractivity contribution < 1.29 is 4.74 Å². The molecule has 0 aliphatic rings. The Kier molecular flexibility index (Phi) is 13.5. The van der Waals surface area contributed by atoms with Crippen LogP contribution in [0, 0.1) is 0 Å². The van der Waals surface area contributed by atoms with Gasteiger partial charge in [-0.2, -0.15) is 0 Å². The Bertz CT molecular complexity index is 703. The zero-order chi connectivity index (χ0) is 22.0. The van der Waals surface area contributed by atoms with Gasteiger partial charge in [-0.05, 0) is 60.4 Å². The van der Waals surface area contributed by atoms with Gasteiger partial charge in [0.25, 0.3) is 0 Å². The molecule has 0 atom stereocenters. The van der Waals surface area contributed by atoms with E-state index in [1.165, 1.54) is 76.2 Å². The van der Waals surface area contributed by atoms with Crippen molar-refractivity contribution in [3.8, 4) is 5.75 Å². The quantitative estimate of drug-likeness (QED) is 0.184. The molecule has 0 N–H and O–H groups in total. The monoisotopic (exact) mass is 421 g/mol. The van der Waals surface area contributed by atoms with Gasteiger partial charge >= 0.3 is 0 Å². The van der Waals surface area contributed by atoms with Crippen LogP contribution in [0.25, 0.3) is 0 Å². The molecule has 2 rings (SSSR count). The molecular formula is C29H43NO. The average Bonchev–Trinajstić information content (AvgIpc) is 2.82. The van der Waals surface area contributed by atoms with Gasteiger partial charge in [0.2, 0.25) is 0 Å². The largest absolute Gasteiger partial charge is 0.494 e. The van der Waals surface area contributed by atoms with Crippen molar-refractivity contribution in [2.75, 3.05) is 6.61 Å². The standard InChI is InChI=1S/C29H43NO/c1-3-5-6-7-8-9-10-11-12-13-14-15-24-31-29-22-18-27(19-23-29)25-30-28-20-16-26(4-2)17-21-28/h16-23,25H,3-15,24H2,1-2H3. The van der Waals surface area contributed by atoms with Crippen LogP contribution < -0.4 is 4.74 Å². The summed E-state index contributed by atoms with van der Waals surface area (Å²) in [6.07, 6.45) is 19.4. The summed E-state index contributed by atoms with van der Waals surface area (Å²) in [5.41, 5.74) is 3.43. The highest BCUT2D eigenvalue weighted by Crippen LogP contribution is 2.16. The predicted octanol–water partition coefficient (Wildman–Crippen LogP) is 9.08. The molecule has 0 aliphatic heterocycles. The summed E-state index contributed by atoms with van der Waals surface area (Å²) in [5, 5.41) is 0. The number of rotatable bonds is 17. The second kappa shape index (κ2) is 16.6. The first-order valence-corrected chi connectivity index (χ1v) is 12.7. The molecule has 0 saturated heterocycles. The van der Waals surface area contributed by atoms with E-state index >= 15 is 0 Å². The number of unbranched alkanes of at least 4 members (excludes halogenated alkanes) is 11. The lowest BCUT2D eigenvalue weighted by atomic mass is 10.1. The molecule has 2 heteroatoms. The Morgan fingerprint density at radius 1 is 0.645 bits per heavy atom. The van der Waals surface area contributed by atoms with Crippen molar-refractivity contribution in [3.63, 3.8) is 0 Å². The van der Waals surface area contributed by atoms with Gasteiger partial charge in [0, 0.05) is 6.21 Å². The number of hydrogen-bond acceptors (Lipinski definition) is 2. The lowest BCUT2D eigenvalue weighted by molar-refractivity contribution is 0.304. The van der Waals surface area contributed by atoms with Crippen LogP contribution in [-0.4, -0.2) is 12.8 Å². The minimum atomic E-state index is 0.814. The molecule has 2 aromatic carbocycles. The van der Waals surface area contributed by atoms with Crippen LogP contribution in [0.2, 0.25) is 0 Å². The Hall–Kier alpha value is -2.09. The molecule has 0 aromatic heterocycles. The molecule has 0 unspecified atom stereocenters. The summed E-state index contributed by atoms with van der Waals surface area (Å²) < 4.78 is 5.90. The topological polar surface area (TPSA) is 21.6 Å². The lowest BCUT2D eigenvalue weighted by Gasteiger charge is -2.06. The molecule has 31 heavy (non-hydrogen) atoms. The highest BCUT2D eigenvalue weighted by molar-refractivity contribution is 5.82.